The summed E-state index contributed by atoms with van der Waals surface area (Å²) in [6.45, 7) is 4.43. The van der Waals surface area contributed by atoms with Crippen molar-refractivity contribution in [3.63, 3.8) is 0 Å². The first-order valence-electron chi connectivity index (χ1n) is 5.34. The number of furan rings is 1. The number of pyridine rings is 1. The monoisotopic (exact) mass is 227 g/mol. The van der Waals surface area contributed by atoms with Crippen LogP contribution in [0.3, 0.4) is 0 Å². The van der Waals surface area contributed by atoms with Gasteiger partial charge < -0.3 is 9.73 Å². The van der Waals surface area contributed by atoms with Crippen LogP contribution in [0, 0.1) is 25.2 Å². The molecule has 4 heteroatoms. The number of aryl methyl sites for hydroxylation is 2. The minimum Gasteiger partial charge on any atom is -0.472 e. The fraction of sp³-hybridized carbons (Fsp3) is 0.231. The lowest BCUT2D eigenvalue weighted by molar-refractivity contribution is 0.564. The molecule has 0 aliphatic carbocycles. The van der Waals surface area contributed by atoms with E-state index in [1.807, 2.05) is 26.0 Å². The van der Waals surface area contributed by atoms with Gasteiger partial charge in [0.1, 0.15) is 11.9 Å². The maximum atomic E-state index is 9.10. The molecule has 0 radical (unpaired) electrons. The molecule has 86 valence electrons. The third kappa shape index (κ3) is 2.45. The van der Waals surface area contributed by atoms with Crippen molar-refractivity contribution in [2.24, 2.45) is 0 Å². The van der Waals surface area contributed by atoms with Crippen LogP contribution in [0.15, 0.2) is 29.1 Å². The van der Waals surface area contributed by atoms with E-state index in [1.165, 1.54) is 0 Å². The maximum absolute atomic E-state index is 9.10. The highest BCUT2D eigenvalue weighted by Gasteiger charge is 2.08. The van der Waals surface area contributed by atoms with Gasteiger partial charge >= 0.3 is 0 Å². The molecule has 2 aromatic rings. The van der Waals surface area contributed by atoms with Crippen molar-refractivity contribution in [1.82, 2.24) is 4.98 Å². The first kappa shape index (κ1) is 11.2. The van der Waals surface area contributed by atoms with Gasteiger partial charge in [-0.05, 0) is 31.5 Å². The Hall–Kier alpha value is -2.28. The van der Waals surface area contributed by atoms with Crippen LogP contribution in [0.4, 0.5) is 5.82 Å². The van der Waals surface area contributed by atoms with Crippen LogP contribution in [0.1, 0.15) is 22.4 Å². The van der Waals surface area contributed by atoms with Crippen LogP contribution in [-0.2, 0) is 6.54 Å². The number of rotatable bonds is 3. The van der Waals surface area contributed by atoms with Crippen molar-refractivity contribution in [2.45, 2.75) is 20.4 Å². The quantitative estimate of drug-likeness (QED) is 0.875. The topological polar surface area (TPSA) is 61.9 Å². The Morgan fingerprint density at radius 2 is 2.29 bits per heavy atom. The number of aromatic nitrogens is 1. The second kappa shape index (κ2) is 4.71. The van der Waals surface area contributed by atoms with E-state index in [4.69, 9.17) is 9.68 Å². The maximum Gasteiger partial charge on any atom is 0.144 e. The minimum atomic E-state index is 0.596. The lowest BCUT2D eigenvalue weighted by atomic mass is 10.1. The normalized spacial score (nSPS) is 9.94. The number of nitrogens with zero attached hydrogens (tertiary/aromatic N) is 2. The Labute approximate surface area is 99.9 Å². The Morgan fingerprint density at radius 3 is 2.94 bits per heavy atom. The summed E-state index contributed by atoms with van der Waals surface area (Å²) in [7, 11) is 0. The van der Waals surface area contributed by atoms with Crippen LogP contribution in [0.2, 0.25) is 0 Å². The molecule has 0 amide bonds. The van der Waals surface area contributed by atoms with E-state index in [9.17, 15) is 0 Å². The van der Waals surface area contributed by atoms with Gasteiger partial charge in [0.15, 0.2) is 0 Å². The van der Waals surface area contributed by atoms with E-state index >= 15 is 0 Å². The molecule has 0 unspecified atom stereocenters. The van der Waals surface area contributed by atoms with Gasteiger partial charge in [0, 0.05) is 17.8 Å². The summed E-state index contributed by atoms with van der Waals surface area (Å²) in [6.07, 6.45) is 3.29. The van der Waals surface area contributed by atoms with Gasteiger partial charge in [-0.3, -0.25) is 0 Å². The van der Waals surface area contributed by atoms with Crippen LogP contribution >= 0.6 is 0 Å². The summed E-state index contributed by atoms with van der Waals surface area (Å²) in [4.78, 5) is 4.34. The molecule has 1 N–H and O–H groups in total. The highest BCUT2D eigenvalue weighted by Crippen LogP contribution is 2.18. The Balaban J connectivity index is 2.23. The molecule has 0 bridgehead atoms. The molecular formula is C13H13N3O. The molecule has 4 nitrogen and oxygen atoms in total. The molecule has 17 heavy (non-hydrogen) atoms. The number of nitriles is 1. The number of nitrogens with one attached hydrogen (secondary N) is 1. The summed E-state index contributed by atoms with van der Waals surface area (Å²) in [6, 6.07) is 5.95. The summed E-state index contributed by atoms with van der Waals surface area (Å²) < 4.78 is 4.98. The minimum absolute atomic E-state index is 0.596. The van der Waals surface area contributed by atoms with E-state index in [-0.39, 0.29) is 0 Å². The zero-order valence-corrected chi connectivity index (χ0v) is 9.82. The predicted molar refractivity (Wildman–Crippen MR) is 64.5 cm³/mol. The predicted octanol–water partition coefficient (Wildman–Crippen LogP) is 2.78. The van der Waals surface area contributed by atoms with Crippen molar-refractivity contribution in [3.05, 3.63) is 47.0 Å². The molecule has 0 aromatic carbocycles. The number of anilines is 1. The third-order valence-corrected chi connectivity index (χ3v) is 2.50. The SMILES string of the molecule is Cc1cc(C)c(C#N)c(NCc2ccoc2)n1. The molecule has 2 heterocycles. The van der Waals surface area contributed by atoms with Crippen molar-refractivity contribution in [3.8, 4) is 6.07 Å². The van der Waals surface area contributed by atoms with E-state index in [0.717, 1.165) is 16.8 Å². The first-order chi connectivity index (χ1) is 8.20. The number of hydrogen-bond donors (Lipinski definition) is 1. The molecule has 0 saturated heterocycles. The molecule has 0 aliphatic rings. The summed E-state index contributed by atoms with van der Waals surface area (Å²) in [5.74, 6) is 0.631. The highest BCUT2D eigenvalue weighted by molar-refractivity contribution is 5.56. The summed E-state index contributed by atoms with van der Waals surface area (Å²) in [5, 5.41) is 12.3. The van der Waals surface area contributed by atoms with Gasteiger partial charge in [-0.2, -0.15) is 5.26 Å². The average molecular weight is 227 g/mol. The summed E-state index contributed by atoms with van der Waals surface area (Å²) in [5.41, 5.74) is 3.46. The Bertz CT molecular complexity index is 553. The second-order valence-corrected chi connectivity index (χ2v) is 3.90. The average Bonchev–Trinajstić information content (AvgIpc) is 2.78. The van der Waals surface area contributed by atoms with Crippen molar-refractivity contribution in [2.75, 3.05) is 5.32 Å². The van der Waals surface area contributed by atoms with Crippen molar-refractivity contribution < 1.29 is 4.42 Å². The Morgan fingerprint density at radius 1 is 1.47 bits per heavy atom. The van der Waals surface area contributed by atoms with Crippen LogP contribution in [0.25, 0.3) is 0 Å². The van der Waals surface area contributed by atoms with Crippen LogP contribution in [-0.4, -0.2) is 4.98 Å². The molecule has 0 fully saturated rings. The Kier molecular flexibility index (Phi) is 3.10. The third-order valence-electron chi connectivity index (χ3n) is 2.50. The zero-order chi connectivity index (χ0) is 12.3. The van der Waals surface area contributed by atoms with Crippen molar-refractivity contribution in [1.29, 1.82) is 5.26 Å². The lowest BCUT2D eigenvalue weighted by Gasteiger charge is -2.09. The van der Waals surface area contributed by atoms with Gasteiger partial charge in [0.2, 0.25) is 0 Å². The summed E-state index contributed by atoms with van der Waals surface area (Å²) >= 11 is 0. The smallest absolute Gasteiger partial charge is 0.144 e. The highest BCUT2D eigenvalue weighted by atomic mass is 16.3. The van der Waals surface area contributed by atoms with Crippen molar-refractivity contribution >= 4 is 5.82 Å². The van der Waals surface area contributed by atoms with E-state index < -0.39 is 0 Å². The standard InChI is InChI=1S/C13H13N3O/c1-9-5-10(2)16-13(12(9)6-14)15-7-11-3-4-17-8-11/h3-5,8H,7H2,1-2H3,(H,15,16). The van der Waals surface area contributed by atoms with Gasteiger partial charge in [0.25, 0.3) is 0 Å². The molecular weight excluding hydrogens is 214 g/mol. The van der Waals surface area contributed by atoms with E-state index in [0.29, 0.717) is 17.9 Å². The lowest BCUT2D eigenvalue weighted by Crippen LogP contribution is -2.05. The molecule has 2 aromatic heterocycles. The largest absolute Gasteiger partial charge is 0.472 e. The van der Waals surface area contributed by atoms with Gasteiger partial charge in [-0.15, -0.1) is 0 Å². The van der Waals surface area contributed by atoms with Crippen LogP contribution in [0.5, 0.6) is 0 Å². The molecule has 0 spiro atoms. The molecule has 0 saturated carbocycles. The van der Waals surface area contributed by atoms with E-state index in [1.54, 1.807) is 12.5 Å². The van der Waals surface area contributed by atoms with Crippen LogP contribution < -0.4 is 5.32 Å². The first-order valence-corrected chi connectivity index (χ1v) is 5.34. The molecule has 0 aliphatic heterocycles. The molecule has 2 rings (SSSR count). The van der Waals surface area contributed by atoms with Gasteiger partial charge in [-0.25, -0.2) is 4.98 Å². The fourth-order valence-electron chi connectivity index (χ4n) is 1.68. The van der Waals surface area contributed by atoms with Gasteiger partial charge in [-0.1, -0.05) is 0 Å². The van der Waals surface area contributed by atoms with Gasteiger partial charge in [0.05, 0.1) is 18.1 Å². The van der Waals surface area contributed by atoms with E-state index in [2.05, 4.69) is 16.4 Å². The zero-order valence-electron chi connectivity index (χ0n) is 9.82. The second-order valence-electron chi connectivity index (χ2n) is 3.90. The fourth-order valence-corrected chi connectivity index (χ4v) is 1.68. The molecule has 0 atom stereocenters. The number of hydrogen-bond acceptors (Lipinski definition) is 4.